The van der Waals surface area contributed by atoms with Gasteiger partial charge in [-0.05, 0) is 42.7 Å². The van der Waals surface area contributed by atoms with Crippen molar-refractivity contribution in [2.75, 3.05) is 13.2 Å². The number of nitriles is 1. The van der Waals surface area contributed by atoms with E-state index in [0.717, 1.165) is 5.56 Å². The number of carbonyl (C=O) groups is 2. The average molecular weight is 451 g/mol. The summed E-state index contributed by atoms with van der Waals surface area (Å²) < 4.78 is 13.2. The molecule has 0 radical (unpaired) electrons. The van der Waals surface area contributed by atoms with E-state index < -0.39 is 29.3 Å². The number of aliphatic hydroxyl groups is 1. The zero-order valence-corrected chi connectivity index (χ0v) is 17.8. The topological polar surface area (TPSA) is 148 Å². The summed E-state index contributed by atoms with van der Waals surface area (Å²) in [5, 5.41) is 33.8. The van der Waals surface area contributed by atoms with Crippen LogP contribution in [0.2, 0.25) is 0 Å². The molecule has 0 spiro atoms. The quantitative estimate of drug-likeness (QED) is 0.382. The van der Waals surface area contributed by atoms with E-state index in [1.807, 2.05) is 6.07 Å². The third-order valence-corrected chi connectivity index (χ3v) is 4.80. The number of aromatic nitrogens is 2. The zero-order chi connectivity index (χ0) is 24.0. The molecule has 0 bridgehead atoms. The van der Waals surface area contributed by atoms with Crippen molar-refractivity contribution < 1.29 is 24.2 Å². The molecular formula is C23H22FN5O4. The second-order valence-electron chi connectivity index (χ2n) is 7.42. The highest BCUT2D eigenvalue weighted by Crippen LogP contribution is 2.29. The first-order chi connectivity index (χ1) is 15.8. The van der Waals surface area contributed by atoms with Crippen LogP contribution in [0.15, 0.2) is 36.5 Å². The summed E-state index contributed by atoms with van der Waals surface area (Å²) in [4.78, 5) is 33.7. The molecule has 3 rings (SSSR count). The molecule has 2 amide bonds. The Morgan fingerprint density at radius 1 is 1.18 bits per heavy atom. The molecule has 1 aromatic carbocycles. The second kappa shape index (κ2) is 10.5. The molecule has 33 heavy (non-hydrogen) atoms. The lowest BCUT2D eigenvalue weighted by atomic mass is 10.0. The molecule has 170 valence electrons. The minimum Gasteiger partial charge on any atom is -0.504 e. The molecule has 0 aliphatic heterocycles. The number of amides is 2. The maximum Gasteiger partial charge on any atom is 0.274 e. The van der Waals surface area contributed by atoms with Gasteiger partial charge in [-0.3, -0.25) is 14.6 Å². The van der Waals surface area contributed by atoms with Gasteiger partial charge in [0.2, 0.25) is 0 Å². The Labute approximate surface area is 188 Å². The van der Waals surface area contributed by atoms with E-state index in [1.54, 1.807) is 25.1 Å². The molecule has 3 aromatic rings. The Morgan fingerprint density at radius 2 is 1.91 bits per heavy atom. The van der Waals surface area contributed by atoms with E-state index in [0.29, 0.717) is 12.0 Å². The summed E-state index contributed by atoms with van der Waals surface area (Å²) in [6.07, 6.45) is 1.95. The van der Waals surface area contributed by atoms with Crippen LogP contribution in [-0.4, -0.2) is 51.2 Å². The molecule has 2 heterocycles. The number of aromatic hydroxyl groups is 1. The summed E-state index contributed by atoms with van der Waals surface area (Å²) in [5.41, 5.74) is 0.930. The molecule has 0 aliphatic carbocycles. The lowest BCUT2D eigenvalue weighted by Crippen LogP contribution is -2.36. The first kappa shape index (κ1) is 23.6. The van der Waals surface area contributed by atoms with Crippen LogP contribution >= 0.6 is 0 Å². The Balaban J connectivity index is 2.07. The van der Waals surface area contributed by atoms with Crippen molar-refractivity contribution >= 4 is 22.7 Å². The normalized spacial score (nSPS) is 11.6. The van der Waals surface area contributed by atoms with Crippen molar-refractivity contribution in [3.05, 3.63) is 64.9 Å². The molecule has 0 saturated carbocycles. The van der Waals surface area contributed by atoms with Crippen LogP contribution in [0.5, 0.6) is 5.75 Å². The van der Waals surface area contributed by atoms with Gasteiger partial charge in [0, 0.05) is 24.2 Å². The molecular weight excluding hydrogens is 429 g/mol. The highest BCUT2D eigenvalue weighted by atomic mass is 19.1. The number of pyridine rings is 2. The maximum absolute atomic E-state index is 13.2. The zero-order valence-electron chi connectivity index (χ0n) is 17.8. The van der Waals surface area contributed by atoms with Gasteiger partial charge in [0.1, 0.15) is 17.0 Å². The molecule has 4 N–H and O–H groups in total. The Kier molecular flexibility index (Phi) is 7.48. The Hall–Kier alpha value is -4.10. The van der Waals surface area contributed by atoms with E-state index in [9.17, 15) is 24.2 Å². The molecule has 10 heteroatoms. The molecule has 1 unspecified atom stereocenters. The standard InChI is InChI=1S/C23H22FN5O4/c1-13(12-30)28-23(33)20-21(31)18-17(19(29-20)22(32)26-8-2-7-25)10-15(11-27-18)9-14-3-5-16(24)6-4-14/h3-6,10-11,13,30-31H,2,8-9,12H2,1H3,(H,26,32)(H,28,33). The van der Waals surface area contributed by atoms with Gasteiger partial charge in [0.25, 0.3) is 11.8 Å². The van der Waals surface area contributed by atoms with Gasteiger partial charge < -0.3 is 20.8 Å². The van der Waals surface area contributed by atoms with Gasteiger partial charge >= 0.3 is 0 Å². The van der Waals surface area contributed by atoms with Crippen LogP contribution in [0.1, 0.15) is 45.4 Å². The number of benzene rings is 1. The fourth-order valence-electron chi connectivity index (χ4n) is 3.13. The van der Waals surface area contributed by atoms with Gasteiger partial charge in [-0.15, -0.1) is 0 Å². The van der Waals surface area contributed by atoms with Crippen LogP contribution in [0.4, 0.5) is 4.39 Å². The van der Waals surface area contributed by atoms with Gasteiger partial charge in [-0.25, -0.2) is 9.37 Å². The fraction of sp³-hybridized carbons (Fsp3) is 0.261. The van der Waals surface area contributed by atoms with Crippen molar-refractivity contribution in [3.8, 4) is 11.8 Å². The number of aliphatic hydroxyl groups excluding tert-OH is 1. The number of nitrogens with one attached hydrogen (secondary N) is 2. The summed E-state index contributed by atoms with van der Waals surface area (Å²) in [6, 6.07) is 8.86. The Morgan fingerprint density at radius 3 is 2.58 bits per heavy atom. The van der Waals surface area contributed by atoms with Crippen LogP contribution in [0.3, 0.4) is 0 Å². The summed E-state index contributed by atoms with van der Waals surface area (Å²) in [7, 11) is 0. The van der Waals surface area contributed by atoms with Crippen molar-refractivity contribution in [3.63, 3.8) is 0 Å². The molecule has 0 aliphatic rings. The monoisotopic (exact) mass is 451 g/mol. The van der Waals surface area contributed by atoms with Crippen LogP contribution in [-0.2, 0) is 6.42 Å². The molecule has 2 aromatic heterocycles. The number of hydrogen-bond donors (Lipinski definition) is 4. The molecule has 0 saturated heterocycles. The number of fused-ring (bicyclic) bond motifs is 1. The number of hydrogen-bond acceptors (Lipinski definition) is 7. The molecule has 0 fully saturated rings. The second-order valence-corrected chi connectivity index (χ2v) is 7.42. The predicted molar refractivity (Wildman–Crippen MR) is 117 cm³/mol. The van der Waals surface area contributed by atoms with Crippen molar-refractivity contribution in [1.82, 2.24) is 20.6 Å². The number of nitrogens with zero attached hydrogens (tertiary/aromatic N) is 3. The SMILES string of the molecule is CC(CO)NC(=O)c1nc(C(=O)NCCC#N)c2cc(Cc3ccc(F)cc3)cnc2c1O. The highest BCUT2D eigenvalue weighted by molar-refractivity contribution is 6.09. The molecule has 1 atom stereocenters. The van der Waals surface area contributed by atoms with E-state index in [1.165, 1.54) is 18.3 Å². The Bertz CT molecular complexity index is 1220. The predicted octanol–water partition coefficient (Wildman–Crippen LogP) is 1.82. The maximum atomic E-state index is 13.2. The lowest BCUT2D eigenvalue weighted by molar-refractivity contribution is 0.0914. The van der Waals surface area contributed by atoms with Crippen LogP contribution in [0.25, 0.3) is 10.9 Å². The van der Waals surface area contributed by atoms with E-state index in [-0.39, 0.29) is 42.0 Å². The largest absolute Gasteiger partial charge is 0.504 e. The minimum absolute atomic E-state index is 0.0000841. The van der Waals surface area contributed by atoms with Gasteiger partial charge in [-0.2, -0.15) is 5.26 Å². The third kappa shape index (κ3) is 5.58. The number of carbonyl (C=O) groups excluding carboxylic acids is 2. The number of halogens is 1. The highest BCUT2D eigenvalue weighted by Gasteiger charge is 2.24. The van der Waals surface area contributed by atoms with E-state index in [4.69, 9.17) is 5.26 Å². The summed E-state index contributed by atoms with van der Waals surface area (Å²) in [5.74, 6) is -2.28. The van der Waals surface area contributed by atoms with Gasteiger partial charge in [0.05, 0.1) is 19.1 Å². The first-order valence-electron chi connectivity index (χ1n) is 10.2. The van der Waals surface area contributed by atoms with Gasteiger partial charge in [0.15, 0.2) is 11.4 Å². The summed E-state index contributed by atoms with van der Waals surface area (Å²) in [6.45, 7) is 1.31. The lowest BCUT2D eigenvalue weighted by Gasteiger charge is -2.14. The fourth-order valence-corrected chi connectivity index (χ4v) is 3.13. The van der Waals surface area contributed by atoms with Crippen molar-refractivity contribution in [2.24, 2.45) is 0 Å². The number of rotatable bonds is 8. The summed E-state index contributed by atoms with van der Waals surface area (Å²) >= 11 is 0. The first-order valence-corrected chi connectivity index (χ1v) is 10.2. The van der Waals surface area contributed by atoms with E-state index in [2.05, 4.69) is 20.6 Å². The average Bonchev–Trinajstić information content (AvgIpc) is 2.80. The van der Waals surface area contributed by atoms with Crippen LogP contribution in [0, 0.1) is 17.1 Å². The third-order valence-electron chi connectivity index (χ3n) is 4.80. The van der Waals surface area contributed by atoms with Crippen molar-refractivity contribution in [1.29, 1.82) is 5.26 Å². The van der Waals surface area contributed by atoms with E-state index >= 15 is 0 Å². The minimum atomic E-state index is -0.779. The van der Waals surface area contributed by atoms with Crippen LogP contribution < -0.4 is 10.6 Å². The smallest absolute Gasteiger partial charge is 0.274 e. The van der Waals surface area contributed by atoms with Crippen molar-refractivity contribution in [2.45, 2.75) is 25.8 Å². The molecule has 9 nitrogen and oxygen atoms in total. The van der Waals surface area contributed by atoms with Gasteiger partial charge in [-0.1, -0.05) is 12.1 Å².